The van der Waals surface area contributed by atoms with E-state index < -0.39 is 0 Å². The number of nitrogen functional groups attached to an aromatic ring is 1. The molecule has 0 spiro atoms. The van der Waals surface area contributed by atoms with Gasteiger partial charge in [-0.25, -0.2) is 9.97 Å². The highest BCUT2D eigenvalue weighted by Gasteiger charge is 2.13. The molecule has 0 saturated carbocycles. The first-order valence-corrected chi connectivity index (χ1v) is 10.5. The van der Waals surface area contributed by atoms with E-state index >= 15 is 0 Å². The van der Waals surface area contributed by atoms with Crippen LogP contribution in [-0.4, -0.2) is 24.2 Å². The van der Waals surface area contributed by atoms with Gasteiger partial charge in [-0.2, -0.15) is 0 Å². The molecule has 0 aliphatic rings. The van der Waals surface area contributed by atoms with Gasteiger partial charge in [0.25, 0.3) is 0 Å². The quantitative estimate of drug-likeness (QED) is 0.371. The van der Waals surface area contributed by atoms with E-state index in [1.807, 2.05) is 36.4 Å². The Kier molecular flexibility index (Phi) is 5.40. The van der Waals surface area contributed by atoms with Crippen molar-refractivity contribution in [2.24, 2.45) is 0 Å². The number of nitrogens with two attached hydrogens (primary N) is 1. The summed E-state index contributed by atoms with van der Waals surface area (Å²) in [7, 11) is 3.17. The standard InChI is InChI=1S/C27H23N3O3/c1-31-24-14-22-23(15-25(24)32-2)29-27(30-26(22)28)19-9-11-21(12-10-19)33-16-17-7-8-18-5-3-4-6-20(18)13-17/h3-15H,16H2,1-2H3,(H2,28,29,30). The van der Waals surface area contributed by atoms with Crippen LogP contribution in [0.4, 0.5) is 5.82 Å². The molecule has 5 aromatic rings. The molecule has 0 atom stereocenters. The Morgan fingerprint density at radius 3 is 2.24 bits per heavy atom. The van der Waals surface area contributed by atoms with Gasteiger partial charge in [-0.1, -0.05) is 36.4 Å². The summed E-state index contributed by atoms with van der Waals surface area (Å²) in [6, 6.07) is 25.9. The van der Waals surface area contributed by atoms with Crippen molar-refractivity contribution in [3.05, 3.63) is 84.4 Å². The summed E-state index contributed by atoms with van der Waals surface area (Å²) in [6.07, 6.45) is 0. The first-order valence-electron chi connectivity index (χ1n) is 10.5. The number of rotatable bonds is 6. The molecule has 0 saturated heterocycles. The van der Waals surface area contributed by atoms with Crippen LogP contribution in [0.3, 0.4) is 0 Å². The average molecular weight is 437 g/mol. The van der Waals surface area contributed by atoms with Gasteiger partial charge in [0.05, 0.1) is 19.7 Å². The molecule has 1 heterocycles. The maximum atomic E-state index is 6.22. The van der Waals surface area contributed by atoms with Crippen LogP contribution in [0.2, 0.25) is 0 Å². The lowest BCUT2D eigenvalue weighted by molar-refractivity contribution is 0.306. The first-order chi connectivity index (χ1) is 16.1. The summed E-state index contributed by atoms with van der Waals surface area (Å²) < 4.78 is 16.7. The lowest BCUT2D eigenvalue weighted by atomic mass is 10.1. The summed E-state index contributed by atoms with van der Waals surface area (Å²) >= 11 is 0. The third-order valence-electron chi connectivity index (χ3n) is 5.56. The molecule has 33 heavy (non-hydrogen) atoms. The maximum Gasteiger partial charge on any atom is 0.162 e. The fourth-order valence-corrected chi connectivity index (χ4v) is 3.80. The van der Waals surface area contributed by atoms with Crippen molar-refractivity contribution in [1.82, 2.24) is 9.97 Å². The minimum atomic E-state index is 0.382. The molecule has 164 valence electrons. The van der Waals surface area contributed by atoms with E-state index in [2.05, 4.69) is 40.3 Å². The predicted octanol–water partition coefficient (Wildman–Crippen LogP) is 5.63. The molecule has 0 radical (unpaired) electrons. The van der Waals surface area contributed by atoms with Crippen LogP contribution in [0.1, 0.15) is 5.56 Å². The Morgan fingerprint density at radius 1 is 0.758 bits per heavy atom. The molecular formula is C27H23N3O3. The molecule has 4 aromatic carbocycles. The lowest BCUT2D eigenvalue weighted by Gasteiger charge is -2.11. The summed E-state index contributed by atoms with van der Waals surface area (Å²) in [6.45, 7) is 0.491. The van der Waals surface area contributed by atoms with E-state index in [1.54, 1.807) is 26.4 Å². The number of fused-ring (bicyclic) bond motifs is 2. The van der Waals surface area contributed by atoms with Gasteiger partial charge < -0.3 is 19.9 Å². The monoisotopic (exact) mass is 437 g/mol. The van der Waals surface area contributed by atoms with Crippen molar-refractivity contribution in [3.63, 3.8) is 0 Å². The fourth-order valence-electron chi connectivity index (χ4n) is 3.80. The molecule has 2 N–H and O–H groups in total. The minimum Gasteiger partial charge on any atom is -0.493 e. The maximum absolute atomic E-state index is 6.22. The molecular weight excluding hydrogens is 414 g/mol. The Balaban J connectivity index is 1.37. The Hall–Kier alpha value is -4.32. The lowest BCUT2D eigenvalue weighted by Crippen LogP contribution is -2.00. The number of aromatic nitrogens is 2. The molecule has 0 fully saturated rings. The van der Waals surface area contributed by atoms with Gasteiger partial charge in [-0.3, -0.25) is 0 Å². The average Bonchev–Trinajstić information content (AvgIpc) is 2.86. The molecule has 0 unspecified atom stereocenters. The van der Waals surface area contributed by atoms with Gasteiger partial charge in [-0.15, -0.1) is 0 Å². The molecule has 5 rings (SSSR count). The number of hydrogen-bond acceptors (Lipinski definition) is 6. The van der Waals surface area contributed by atoms with Crippen LogP contribution in [0, 0.1) is 0 Å². The largest absolute Gasteiger partial charge is 0.493 e. The number of benzene rings is 4. The van der Waals surface area contributed by atoms with Crippen LogP contribution in [0.5, 0.6) is 17.2 Å². The molecule has 6 heteroatoms. The highest BCUT2D eigenvalue weighted by Crippen LogP contribution is 2.34. The van der Waals surface area contributed by atoms with E-state index in [4.69, 9.17) is 19.9 Å². The number of hydrogen-bond donors (Lipinski definition) is 1. The van der Waals surface area contributed by atoms with Crippen LogP contribution < -0.4 is 19.9 Å². The third kappa shape index (κ3) is 4.11. The molecule has 0 amide bonds. The highest BCUT2D eigenvalue weighted by atomic mass is 16.5. The van der Waals surface area contributed by atoms with E-state index in [9.17, 15) is 0 Å². The van der Waals surface area contributed by atoms with Crippen LogP contribution in [0.15, 0.2) is 78.9 Å². The first kappa shape index (κ1) is 20.6. The van der Waals surface area contributed by atoms with Crippen LogP contribution in [0.25, 0.3) is 33.1 Å². The van der Waals surface area contributed by atoms with Gasteiger partial charge in [0, 0.05) is 17.0 Å². The molecule has 0 aliphatic heterocycles. The number of anilines is 1. The van der Waals surface area contributed by atoms with E-state index in [0.29, 0.717) is 40.7 Å². The van der Waals surface area contributed by atoms with Crippen molar-refractivity contribution in [3.8, 4) is 28.6 Å². The molecule has 0 bridgehead atoms. The Bertz CT molecular complexity index is 1450. The van der Waals surface area contributed by atoms with Crippen molar-refractivity contribution >= 4 is 27.5 Å². The van der Waals surface area contributed by atoms with Gasteiger partial charge >= 0.3 is 0 Å². The zero-order valence-electron chi connectivity index (χ0n) is 18.4. The highest BCUT2D eigenvalue weighted by molar-refractivity contribution is 5.92. The summed E-state index contributed by atoms with van der Waals surface area (Å²) in [4.78, 5) is 9.16. The smallest absolute Gasteiger partial charge is 0.162 e. The second kappa shape index (κ2) is 8.67. The van der Waals surface area contributed by atoms with Gasteiger partial charge in [-0.05, 0) is 52.7 Å². The predicted molar refractivity (Wildman–Crippen MR) is 131 cm³/mol. The minimum absolute atomic E-state index is 0.382. The van der Waals surface area contributed by atoms with Crippen molar-refractivity contribution in [1.29, 1.82) is 0 Å². The topological polar surface area (TPSA) is 79.5 Å². The summed E-state index contributed by atoms with van der Waals surface area (Å²) in [5, 5.41) is 3.14. The zero-order chi connectivity index (χ0) is 22.8. The second-order valence-electron chi connectivity index (χ2n) is 7.65. The Labute approximate surface area is 191 Å². The molecule has 1 aromatic heterocycles. The SMILES string of the molecule is COc1cc2nc(-c3ccc(OCc4ccc5ccccc5c4)cc3)nc(N)c2cc1OC. The number of methoxy groups -OCH3 is 2. The van der Waals surface area contributed by atoms with Crippen molar-refractivity contribution in [2.45, 2.75) is 6.61 Å². The Morgan fingerprint density at radius 2 is 1.48 bits per heavy atom. The molecule has 0 aliphatic carbocycles. The van der Waals surface area contributed by atoms with Gasteiger partial charge in [0.1, 0.15) is 18.2 Å². The van der Waals surface area contributed by atoms with Crippen molar-refractivity contribution < 1.29 is 14.2 Å². The van der Waals surface area contributed by atoms with Crippen LogP contribution in [-0.2, 0) is 6.61 Å². The number of ether oxygens (including phenoxy) is 3. The zero-order valence-corrected chi connectivity index (χ0v) is 18.4. The van der Waals surface area contributed by atoms with E-state index in [-0.39, 0.29) is 0 Å². The van der Waals surface area contributed by atoms with Gasteiger partial charge in [0.15, 0.2) is 17.3 Å². The van der Waals surface area contributed by atoms with E-state index in [1.165, 1.54) is 10.8 Å². The normalized spacial score (nSPS) is 11.0. The second-order valence-corrected chi connectivity index (χ2v) is 7.65. The van der Waals surface area contributed by atoms with Crippen molar-refractivity contribution in [2.75, 3.05) is 20.0 Å². The van der Waals surface area contributed by atoms with Crippen LogP contribution >= 0.6 is 0 Å². The number of nitrogens with zero attached hydrogens (tertiary/aromatic N) is 2. The van der Waals surface area contributed by atoms with E-state index in [0.717, 1.165) is 16.9 Å². The fraction of sp³-hybridized carbons (Fsp3) is 0.111. The summed E-state index contributed by atoms with van der Waals surface area (Å²) in [5.41, 5.74) is 8.87. The van der Waals surface area contributed by atoms with Gasteiger partial charge in [0.2, 0.25) is 0 Å². The summed E-state index contributed by atoms with van der Waals surface area (Å²) in [5.74, 6) is 2.86. The molecule has 6 nitrogen and oxygen atoms in total. The third-order valence-corrected chi connectivity index (χ3v) is 5.56.